The van der Waals surface area contributed by atoms with E-state index in [1.54, 1.807) is 4.90 Å². The summed E-state index contributed by atoms with van der Waals surface area (Å²) in [5.74, 6) is -0.173. The van der Waals surface area contributed by atoms with Gasteiger partial charge in [0, 0.05) is 5.56 Å². The third-order valence-electron chi connectivity index (χ3n) is 4.27. The molecule has 1 aliphatic heterocycles. The molecule has 1 aliphatic rings. The first-order valence-electron chi connectivity index (χ1n) is 8.24. The third-order valence-corrected chi connectivity index (χ3v) is 4.27. The van der Waals surface area contributed by atoms with E-state index in [9.17, 15) is 9.59 Å². The second-order valence-electron chi connectivity index (χ2n) is 5.99. The lowest BCUT2D eigenvalue weighted by Gasteiger charge is -2.30. The highest BCUT2D eigenvalue weighted by molar-refractivity contribution is 6.10. The fourth-order valence-electron chi connectivity index (χ4n) is 2.96. The molecular weight excluding hydrogens is 302 g/mol. The molecule has 0 radical (unpaired) electrons. The molecule has 124 valence electrons. The normalized spacial score (nSPS) is 14.7. The highest BCUT2D eigenvalue weighted by Gasteiger charge is 2.28. The third kappa shape index (κ3) is 3.63. The topological polar surface area (TPSA) is 53.9 Å². The Hall–Kier alpha value is -2.66. The number of quaternary nitrogens is 1. The molecule has 0 aliphatic carbocycles. The summed E-state index contributed by atoms with van der Waals surface area (Å²) in [4.78, 5) is 27.4. The van der Waals surface area contributed by atoms with Gasteiger partial charge in [-0.3, -0.25) is 14.5 Å². The summed E-state index contributed by atoms with van der Waals surface area (Å²) in [7, 11) is 0. The van der Waals surface area contributed by atoms with Crippen molar-refractivity contribution in [2.24, 2.45) is 0 Å². The number of likely N-dealkylation sites (N-methyl/N-ethyl adjacent to an activating group) is 1. The minimum absolute atomic E-state index is 0.0231. The zero-order valence-corrected chi connectivity index (χ0v) is 13.8. The first kappa shape index (κ1) is 16.2. The van der Waals surface area contributed by atoms with Crippen molar-refractivity contribution in [2.75, 3.05) is 29.9 Å². The quantitative estimate of drug-likeness (QED) is 0.865. The van der Waals surface area contributed by atoms with E-state index in [2.05, 4.69) is 24.4 Å². The largest absolute Gasteiger partial charge is 0.324 e. The van der Waals surface area contributed by atoms with Crippen LogP contribution in [0.15, 0.2) is 54.6 Å². The number of fused-ring (bicyclic) bond motifs is 1. The second kappa shape index (κ2) is 7.27. The molecule has 1 atom stereocenters. The van der Waals surface area contributed by atoms with Crippen LogP contribution in [0.25, 0.3) is 0 Å². The van der Waals surface area contributed by atoms with Crippen molar-refractivity contribution in [1.29, 1.82) is 0 Å². The Labute approximate surface area is 141 Å². The molecule has 0 saturated carbocycles. The Morgan fingerprint density at radius 2 is 1.83 bits per heavy atom. The second-order valence-corrected chi connectivity index (χ2v) is 5.99. The molecule has 0 fully saturated rings. The van der Waals surface area contributed by atoms with Gasteiger partial charge in [0.05, 0.1) is 17.9 Å². The Balaban J connectivity index is 1.73. The van der Waals surface area contributed by atoms with Crippen molar-refractivity contribution < 1.29 is 14.5 Å². The van der Waals surface area contributed by atoms with Gasteiger partial charge in [-0.2, -0.15) is 0 Å². The first-order valence-corrected chi connectivity index (χ1v) is 8.24. The molecule has 0 bridgehead atoms. The Kier molecular flexibility index (Phi) is 4.91. The van der Waals surface area contributed by atoms with E-state index in [1.165, 1.54) is 10.5 Å². The van der Waals surface area contributed by atoms with Crippen molar-refractivity contribution in [3.8, 4) is 0 Å². The van der Waals surface area contributed by atoms with Crippen LogP contribution in [0.3, 0.4) is 0 Å². The maximum atomic E-state index is 12.8. The minimum atomic E-state index is -0.150. The number of hydrogen-bond donors (Lipinski definition) is 2. The Morgan fingerprint density at radius 3 is 2.58 bits per heavy atom. The standard InChI is InChI=1S/C19H21N3O2/c1-2-21(12-15-8-4-3-5-9-15)14-19(24)22-13-18(23)20-16-10-6-7-11-17(16)22/h3-11H,2,12-14H2,1H3,(H,20,23)/p+1. The van der Waals surface area contributed by atoms with Crippen molar-refractivity contribution >= 4 is 23.2 Å². The van der Waals surface area contributed by atoms with E-state index in [0.717, 1.165) is 18.8 Å². The lowest BCUT2D eigenvalue weighted by molar-refractivity contribution is -0.904. The lowest BCUT2D eigenvalue weighted by atomic mass is 10.2. The molecular formula is C19H22N3O2+. The van der Waals surface area contributed by atoms with Crippen LogP contribution in [0.2, 0.25) is 0 Å². The minimum Gasteiger partial charge on any atom is -0.324 e. The summed E-state index contributed by atoms with van der Waals surface area (Å²) in [6, 6.07) is 17.6. The first-order chi connectivity index (χ1) is 11.7. The zero-order valence-electron chi connectivity index (χ0n) is 13.8. The fourth-order valence-corrected chi connectivity index (χ4v) is 2.96. The molecule has 2 aromatic carbocycles. The van der Waals surface area contributed by atoms with Crippen LogP contribution < -0.4 is 15.1 Å². The summed E-state index contributed by atoms with van der Waals surface area (Å²) >= 11 is 0. The Bertz CT molecular complexity index is 730. The van der Waals surface area contributed by atoms with Crippen LogP contribution >= 0.6 is 0 Å². The van der Waals surface area contributed by atoms with E-state index in [1.807, 2.05) is 42.5 Å². The molecule has 0 spiro atoms. The van der Waals surface area contributed by atoms with Crippen molar-refractivity contribution in [3.63, 3.8) is 0 Å². The van der Waals surface area contributed by atoms with Crippen molar-refractivity contribution in [1.82, 2.24) is 0 Å². The van der Waals surface area contributed by atoms with E-state index in [0.29, 0.717) is 12.2 Å². The fraction of sp³-hybridized carbons (Fsp3) is 0.263. The number of amides is 2. The van der Waals surface area contributed by atoms with Gasteiger partial charge in [0.15, 0.2) is 6.54 Å². The van der Waals surface area contributed by atoms with Crippen LogP contribution in [0.4, 0.5) is 11.4 Å². The Morgan fingerprint density at radius 1 is 1.12 bits per heavy atom. The number of carbonyl (C=O) groups is 2. The van der Waals surface area contributed by atoms with Crippen molar-refractivity contribution in [2.45, 2.75) is 13.5 Å². The summed E-state index contributed by atoms with van der Waals surface area (Å²) in [5, 5.41) is 2.81. The van der Waals surface area contributed by atoms with Gasteiger partial charge in [0.2, 0.25) is 5.91 Å². The maximum absolute atomic E-state index is 12.8. The zero-order chi connectivity index (χ0) is 16.9. The van der Waals surface area contributed by atoms with Gasteiger partial charge in [-0.25, -0.2) is 0 Å². The number of nitrogens with zero attached hydrogens (tertiary/aromatic N) is 1. The number of para-hydroxylation sites is 2. The highest BCUT2D eigenvalue weighted by Crippen LogP contribution is 2.28. The number of hydrogen-bond acceptors (Lipinski definition) is 2. The molecule has 1 heterocycles. The van der Waals surface area contributed by atoms with Crippen LogP contribution in [0, 0.1) is 0 Å². The predicted octanol–water partition coefficient (Wildman–Crippen LogP) is 1.08. The van der Waals surface area contributed by atoms with E-state index < -0.39 is 0 Å². The molecule has 3 rings (SSSR count). The average Bonchev–Trinajstić information content (AvgIpc) is 2.61. The molecule has 2 aromatic rings. The number of rotatable bonds is 5. The van der Waals surface area contributed by atoms with Crippen LogP contribution in [-0.2, 0) is 16.1 Å². The molecule has 2 amide bonds. The summed E-state index contributed by atoms with van der Waals surface area (Å²) < 4.78 is 0. The van der Waals surface area contributed by atoms with Gasteiger partial charge in [-0.1, -0.05) is 42.5 Å². The smallest absolute Gasteiger partial charge is 0.282 e. The maximum Gasteiger partial charge on any atom is 0.282 e. The van der Waals surface area contributed by atoms with Crippen molar-refractivity contribution in [3.05, 3.63) is 60.2 Å². The summed E-state index contributed by atoms with van der Waals surface area (Å²) in [5.41, 5.74) is 2.68. The van der Waals surface area contributed by atoms with Gasteiger partial charge < -0.3 is 10.2 Å². The number of nitrogens with one attached hydrogen (secondary N) is 2. The number of benzene rings is 2. The molecule has 2 N–H and O–H groups in total. The summed E-state index contributed by atoms with van der Waals surface area (Å²) in [6.07, 6.45) is 0. The van der Waals surface area contributed by atoms with Gasteiger partial charge in [-0.05, 0) is 19.1 Å². The SMILES string of the molecule is CC[NH+](CC(=O)N1CC(=O)Nc2ccccc21)Cc1ccccc1. The number of anilines is 2. The lowest BCUT2D eigenvalue weighted by Crippen LogP contribution is -3.11. The van der Waals surface area contributed by atoms with E-state index >= 15 is 0 Å². The van der Waals surface area contributed by atoms with Crippen LogP contribution in [0.1, 0.15) is 12.5 Å². The van der Waals surface area contributed by atoms with Crippen LogP contribution in [0.5, 0.6) is 0 Å². The molecule has 24 heavy (non-hydrogen) atoms. The molecule has 5 nitrogen and oxygen atoms in total. The van der Waals surface area contributed by atoms with Gasteiger partial charge in [0.25, 0.3) is 5.91 Å². The molecule has 0 saturated heterocycles. The highest BCUT2D eigenvalue weighted by atomic mass is 16.2. The average molecular weight is 324 g/mol. The van der Waals surface area contributed by atoms with Gasteiger partial charge >= 0.3 is 0 Å². The monoisotopic (exact) mass is 324 g/mol. The summed E-state index contributed by atoms with van der Waals surface area (Å²) in [6.45, 7) is 4.17. The van der Waals surface area contributed by atoms with Gasteiger partial charge in [-0.15, -0.1) is 0 Å². The van der Waals surface area contributed by atoms with Crippen LogP contribution in [-0.4, -0.2) is 31.4 Å². The van der Waals surface area contributed by atoms with E-state index in [4.69, 9.17) is 0 Å². The number of carbonyl (C=O) groups excluding carboxylic acids is 2. The van der Waals surface area contributed by atoms with Gasteiger partial charge in [0.1, 0.15) is 13.1 Å². The molecule has 0 aromatic heterocycles. The van der Waals surface area contributed by atoms with E-state index in [-0.39, 0.29) is 18.4 Å². The molecule has 5 heteroatoms. The molecule has 1 unspecified atom stereocenters. The predicted molar refractivity (Wildman–Crippen MR) is 93.9 cm³/mol.